The quantitative estimate of drug-likeness (QED) is 0.872. The van der Waals surface area contributed by atoms with Gasteiger partial charge < -0.3 is 5.32 Å². The van der Waals surface area contributed by atoms with Gasteiger partial charge in [-0.15, -0.1) is 11.3 Å². The minimum Gasteiger partial charge on any atom is -0.309 e. The van der Waals surface area contributed by atoms with E-state index in [4.69, 9.17) is 0 Å². The summed E-state index contributed by atoms with van der Waals surface area (Å²) >= 11 is 1.73. The van der Waals surface area contributed by atoms with Crippen LogP contribution >= 0.6 is 11.3 Å². The first-order valence-electron chi connectivity index (χ1n) is 6.40. The number of nitrogens with zero attached hydrogens (tertiary/aromatic N) is 3. The molecule has 2 aromatic heterocycles. The summed E-state index contributed by atoms with van der Waals surface area (Å²) in [4.78, 5) is 4.55. The highest BCUT2D eigenvalue weighted by molar-refractivity contribution is 7.09. The Balaban J connectivity index is 2.17. The Hall–Kier alpha value is -1.20. The first-order valence-corrected chi connectivity index (χ1v) is 7.28. The summed E-state index contributed by atoms with van der Waals surface area (Å²) in [6, 6.07) is 2.39. The molecule has 0 amide bonds. The zero-order valence-corrected chi connectivity index (χ0v) is 12.0. The molecule has 0 spiro atoms. The fourth-order valence-corrected chi connectivity index (χ4v) is 2.92. The van der Waals surface area contributed by atoms with Crippen LogP contribution in [0.3, 0.4) is 0 Å². The molecule has 0 saturated carbocycles. The molecule has 0 saturated heterocycles. The van der Waals surface area contributed by atoms with Gasteiger partial charge in [-0.3, -0.25) is 4.68 Å². The standard InChI is InChI=1S/C13H20N4S/c1-4-14-11(8-13-16-10(3)9-18-13)12-6-7-15-17(12)5-2/h6-7,9,11,14H,4-5,8H2,1-3H3. The topological polar surface area (TPSA) is 42.7 Å². The zero-order chi connectivity index (χ0) is 13.0. The zero-order valence-electron chi connectivity index (χ0n) is 11.2. The molecule has 1 N–H and O–H groups in total. The van der Waals surface area contributed by atoms with E-state index in [1.807, 2.05) is 17.8 Å². The van der Waals surface area contributed by atoms with E-state index in [2.05, 4.69) is 40.7 Å². The van der Waals surface area contributed by atoms with Crippen molar-refractivity contribution in [2.75, 3.05) is 6.54 Å². The van der Waals surface area contributed by atoms with Crippen LogP contribution in [0.25, 0.3) is 0 Å². The first-order chi connectivity index (χ1) is 8.74. The minimum absolute atomic E-state index is 0.294. The lowest BCUT2D eigenvalue weighted by atomic mass is 10.1. The van der Waals surface area contributed by atoms with Crippen LogP contribution in [-0.4, -0.2) is 21.3 Å². The molecule has 2 rings (SSSR count). The van der Waals surface area contributed by atoms with Gasteiger partial charge in [0, 0.05) is 30.2 Å². The lowest BCUT2D eigenvalue weighted by molar-refractivity contribution is 0.489. The maximum absolute atomic E-state index is 4.55. The van der Waals surface area contributed by atoms with E-state index in [-0.39, 0.29) is 0 Å². The van der Waals surface area contributed by atoms with Crippen LogP contribution in [0.15, 0.2) is 17.6 Å². The SMILES string of the molecule is CCNC(Cc1nc(C)cs1)c1ccnn1CC. The Labute approximate surface area is 112 Å². The molecule has 0 aliphatic heterocycles. The van der Waals surface area contributed by atoms with E-state index in [1.165, 1.54) is 10.7 Å². The third-order valence-corrected chi connectivity index (χ3v) is 3.89. The van der Waals surface area contributed by atoms with Gasteiger partial charge in [0.15, 0.2) is 0 Å². The van der Waals surface area contributed by atoms with E-state index < -0.39 is 0 Å². The summed E-state index contributed by atoms with van der Waals surface area (Å²) in [7, 11) is 0. The summed E-state index contributed by atoms with van der Waals surface area (Å²) < 4.78 is 2.05. The molecule has 0 bridgehead atoms. The van der Waals surface area contributed by atoms with Gasteiger partial charge in [-0.1, -0.05) is 6.92 Å². The van der Waals surface area contributed by atoms with E-state index in [1.54, 1.807) is 11.3 Å². The van der Waals surface area contributed by atoms with Crippen LogP contribution in [0.4, 0.5) is 0 Å². The Morgan fingerprint density at radius 1 is 1.44 bits per heavy atom. The van der Waals surface area contributed by atoms with E-state index >= 15 is 0 Å². The van der Waals surface area contributed by atoms with Gasteiger partial charge in [0.1, 0.15) is 0 Å². The second-order valence-corrected chi connectivity index (χ2v) is 5.21. The maximum atomic E-state index is 4.55. The van der Waals surface area contributed by atoms with Crippen LogP contribution in [0.2, 0.25) is 0 Å². The fourth-order valence-electron chi connectivity index (χ4n) is 2.10. The van der Waals surface area contributed by atoms with Gasteiger partial charge in [-0.05, 0) is 26.5 Å². The number of aryl methyl sites for hydroxylation is 2. The smallest absolute Gasteiger partial charge is 0.0947 e. The monoisotopic (exact) mass is 264 g/mol. The predicted molar refractivity (Wildman–Crippen MR) is 74.9 cm³/mol. The van der Waals surface area contributed by atoms with Crippen LogP contribution in [0.5, 0.6) is 0 Å². The number of nitrogens with one attached hydrogen (secondary N) is 1. The van der Waals surface area contributed by atoms with Crippen molar-refractivity contribution in [3.63, 3.8) is 0 Å². The molecule has 2 heterocycles. The number of rotatable bonds is 6. The Kier molecular flexibility index (Phi) is 4.49. The number of hydrogen-bond acceptors (Lipinski definition) is 4. The molecular weight excluding hydrogens is 244 g/mol. The highest BCUT2D eigenvalue weighted by Gasteiger charge is 2.16. The Morgan fingerprint density at radius 3 is 2.89 bits per heavy atom. The van der Waals surface area contributed by atoms with Crippen molar-refractivity contribution in [1.82, 2.24) is 20.1 Å². The Bertz CT molecular complexity index is 489. The second kappa shape index (κ2) is 6.11. The van der Waals surface area contributed by atoms with Gasteiger partial charge in [0.05, 0.1) is 16.7 Å². The lowest BCUT2D eigenvalue weighted by Crippen LogP contribution is -2.25. The van der Waals surface area contributed by atoms with Gasteiger partial charge >= 0.3 is 0 Å². The maximum Gasteiger partial charge on any atom is 0.0947 e. The number of aromatic nitrogens is 3. The molecule has 0 aliphatic rings. The molecule has 1 atom stereocenters. The van der Waals surface area contributed by atoms with Crippen molar-refractivity contribution >= 4 is 11.3 Å². The highest BCUT2D eigenvalue weighted by Crippen LogP contribution is 2.20. The fraction of sp³-hybridized carbons (Fsp3) is 0.538. The number of thiazole rings is 1. The summed E-state index contributed by atoms with van der Waals surface area (Å²) in [5, 5.41) is 11.2. The van der Waals surface area contributed by atoms with Gasteiger partial charge in [-0.25, -0.2) is 4.98 Å². The van der Waals surface area contributed by atoms with Crippen LogP contribution in [0.1, 0.15) is 36.3 Å². The third-order valence-electron chi connectivity index (χ3n) is 2.90. The van der Waals surface area contributed by atoms with Crippen molar-refractivity contribution in [3.05, 3.63) is 34.0 Å². The molecule has 4 nitrogen and oxygen atoms in total. The van der Waals surface area contributed by atoms with Crippen LogP contribution in [0, 0.1) is 6.92 Å². The molecular formula is C13H20N4S. The molecule has 1 unspecified atom stereocenters. The molecule has 98 valence electrons. The molecule has 5 heteroatoms. The second-order valence-electron chi connectivity index (χ2n) is 4.27. The highest BCUT2D eigenvalue weighted by atomic mass is 32.1. The Morgan fingerprint density at radius 2 is 2.28 bits per heavy atom. The van der Waals surface area contributed by atoms with Gasteiger partial charge in [-0.2, -0.15) is 5.10 Å². The molecule has 0 radical (unpaired) electrons. The first kappa shape index (κ1) is 13.2. The summed E-state index contributed by atoms with van der Waals surface area (Å²) in [5.74, 6) is 0. The molecule has 2 aromatic rings. The van der Waals surface area contributed by atoms with E-state index in [9.17, 15) is 0 Å². The van der Waals surface area contributed by atoms with E-state index in [0.29, 0.717) is 6.04 Å². The number of hydrogen-bond donors (Lipinski definition) is 1. The summed E-state index contributed by atoms with van der Waals surface area (Å²) in [5.41, 5.74) is 2.35. The minimum atomic E-state index is 0.294. The average molecular weight is 264 g/mol. The summed E-state index contributed by atoms with van der Waals surface area (Å²) in [6.45, 7) is 8.14. The van der Waals surface area contributed by atoms with Crippen LogP contribution in [-0.2, 0) is 13.0 Å². The predicted octanol–water partition coefficient (Wildman–Crippen LogP) is 2.56. The van der Waals surface area contributed by atoms with Crippen molar-refractivity contribution in [1.29, 1.82) is 0 Å². The number of likely N-dealkylation sites (N-methyl/N-ethyl adjacent to an activating group) is 1. The molecule has 0 aliphatic carbocycles. The van der Waals surface area contributed by atoms with Gasteiger partial charge in [0.25, 0.3) is 0 Å². The molecule has 0 fully saturated rings. The van der Waals surface area contributed by atoms with Gasteiger partial charge in [0.2, 0.25) is 0 Å². The van der Waals surface area contributed by atoms with Crippen molar-refractivity contribution in [3.8, 4) is 0 Å². The lowest BCUT2D eigenvalue weighted by Gasteiger charge is -2.17. The molecule has 0 aromatic carbocycles. The van der Waals surface area contributed by atoms with Crippen molar-refractivity contribution in [2.45, 2.75) is 39.8 Å². The van der Waals surface area contributed by atoms with Crippen molar-refractivity contribution < 1.29 is 0 Å². The van der Waals surface area contributed by atoms with E-state index in [0.717, 1.165) is 25.2 Å². The molecule has 18 heavy (non-hydrogen) atoms. The normalized spacial score (nSPS) is 12.8. The third kappa shape index (κ3) is 2.97. The van der Waals surface area contributed by atoms with Crippen molar-refractivity contribution in [2.24, 2.45) is 0 Å². The van der Waals surface area contributed by atoms with Crippen LogP contribution < -0.4 is 5.32 Å². The average Bonchev–Trinajstić information content (AvgIpc) is 2.97. The largest absolute Gasteiger partial charge is 0.309 e. The summed E-state index contributed by atoms with van der Waals surface area (Å²) in [6.07, 6.45) is 2.80.